The Morgan fingerprint density at radius 3 is 2.77 bits per heavy atom. The number of fused-ring (bicyclic) bond motifs is 1. The maximum atomic E-state index is 6.33. The first-order valence-corrected chi connectivity index (χ1v) is 10.1. The van der Waals surface area contributed by atoms with Crippen LogP contribution in [-0.4, -0.2) is 26.6 Å². The molecule has 3 aliphatic rings. The van der Waals surface area contributed by atoms with E-state index in [0.29, 0.717) is 12.6 Å². The highest BCUT2D eigenvalue weighted by Gasteiger charge is 2.27. The van der Waals surface area contributed by atoms with Crippen LogP contribution in [0.5, 0.6) is 5.88 Å². The van der Waals surface area contributed by atoms with Crippen LogP contribution in [0.2, 0.25) is 0 Å². The minimum atomic E-state index is 0.297. The van der Waals surface area contributed by atoms with E-state index < -0.39 is 0 Å². The lowest BCUT2D eigenvalue weighted by atomic mass is 9.85. The van der Waals surface area contributed by atoms with Crippen molar-refractivity contribution in [3.8, 4) is 5.88 Å². The Bertz CT molecular complexity index is 815. The van der Waals surface area contributed by atoms with Crippen LogP contribution in [0.3, 0.4) is 0 Å². The van der Waals surface area contributed by atoms with Gasteiger partial charge in [-0.2, -0.15) is 5.10 Å². The summed E-state index contributed by atoms with van der Waals surface area (Å²) in [6.07, 6.45) is 16.4. The van der Waals surface area contributed by atoms with E-state index in [9.17, 15) is 0 Å². The molecule has 5 nitrogen and oxygen atoms in total. The molecule has 2 fully saturated rings. The molecule has 1 aliphatic heterocycles. The molecule has 2 aromatic heterocycles. The van der Waals surface area contributed by atoms with Gasteiger partial charge in [0.2, 0.25) is 5.88 Å². The van der Waals surface area contributed by atoms with Gasteiger partial charge in [0.05, 0.1) is 24.0 Å². The number of ether oxygens (including phenoxy) is 1. The Kier molecular flexibility index (Phi) is 4.23. The number of rotatable bonds is 5. The molecule has 2 aromatic rings. The number of nitrogens with zero attached hydrogens (tertiary/aromatic N) is 4. The average Bonchev–Trinajstić information content (AvgIpc) is 3.26. The third-order valence-electron chi connectivity index (χ3n) is 6.05. The lowest BCUT2D eigenvalue weighted by Crippen LogP contribution is -2.21. The van der Waals surface area contributed by atoms with Gasteiger partial charge in [0.15, 0.2) is 0 Å². The second-order valence-electron chi connectivity index (χ2n) is 7.94. The van der Waals surface area contributed by atoms with Crippen molar-refractivity contribution in [3.05, 3.63) is 41.3 Å². The number of hydrogen-bond donors (Lipinski definition) is 0. The minimum Gasteiger partial charge on any atom is -0.474 e. The topological polar surface area (TPSA) is 52.3 Å². The second-order valence-corrected chi connectivity index (χ2v) is 7.94. The molecule has 5 rings (SSSR count). The van der Waals surface area contributed by atoms with Crippen molar-refractivity contribution >= 4 is 5.71 Å². The fourth-order valence-electron chi connectivity index (χ4n) is 4.30. The summed E-state index contributed by atoms with van der Waals surface area (Å²) < 4.78 is 8.41. The number of aromatic nitrogens is 3. The van der Waals surface area contributed by atoms with E-state index in [1.807, 2.05) is 12.4 Å². The Labute approximate surface area is 154 Å². The molecular formula is C21H26N4O. The van der Waals surface area contributed by atoms with Crippen molar-refractivity contribution in [2.24, 2.45) is 10.9 Å². The smallest absolute Gasteiger partial charge is 0.223 e. The van der Waals surface area contributed by atoms with E-state index >= 15 is 0 Å². The first-order valence-electron chi connectivity index (χ1n) is 10.1. The molecule has 26 heavy (non-hydrogen) atoms. The molecule has 0 radical (unpaired) electrons. The van der Waals surface area contributed by atoms with Crippen molar-refractivity contribution < 1.29 is 4.74 Å². The van der Waals surface area contributed by atoms with E-state index in [1.54, 1.807) is 0 Å². The van der Waals surface area contributed by atoms with Gasteiger partial charge in [-0.25, -0.2) is 4.98 Å². The van der Waals surface area contributed by atoms with E-state index in [2.05, 4.69) is 27.0 Å². The van der Waals surface area contributed by atoms with Crippen LogP contribution in [0, 0.1) is 5.92 Å². The fraction of sp³-hybridized carbons (Fsp3) is 0.571. The van der Waals surface area contributed by atoms with Crippen molar-refractivity contribution in [2.45, 2.75) is 70.6 Å². The summed E-state index contributed by atoms with van der Waals surface area (Å²) in [5.41, 5.74) is 4.39. The molecular weight excluding hydrogens is 324 g/mol. The van der Waals surface area contributed by atoms with E-state index in [1.165, 1.54) is 44.1 Å². The molecule has 0 bridgehead atoms. The largest absolute Gasteiger partial charge is 0.474 e. The number of aliphatic imine (C=N–C) groups is 1. The van der Waals surface area contributed by atoms with Gasteiger partial charge in [0, 0.05) is 24.5 Å². The number of pyridine rings is 1. The zero-order valence-electron chi connectivity index (χ0n) is 15.2. The van der Waals surface area contributed by atoms with Crippen LogP contribution in [0.15, 0.2) is 29.6 Å². The van der Waals surface area contributed by atoms with Crippen LogP contribution in [0.4, 0.5) is 0 Å². The third kappa shape index (κ3) is 3.04. The van der Waals surface area contributed by atoms with E-state index in [4.69, 9.17) is 9.73 Å². The van der Waals surface area contributed by atoms with Crippen LogP contribution < -0.4 is 4.74 Å². The minimum absolute atomic E-state index is 0.297. The summed E-state index contributed by atoms with van der Waals surface area (Å²) in [5, 5.41) is 4.58. The van der Waals surface area contributed by atoms with Gasteiger partial charge >= 0.3 is 0 Å². The molecule has 0 spiro atoms. The van der Waals surface area contributed by atoms with Crippen LogP contribution in [0.1, 0.15) is 68.1 Å². The Hall–Kier alpha value is -2.17. The normalized spacial score (nSPS) is 20.5. The molecule has 136 valence electrons. The molecule has 5 heteroatoms. The summed E-state index contributed by atoms with van der Waals surface area (Å²) in [4.78, 5) is 9.37. The molecule has 0 saturated heterocycles. The Morgan fingerprint density at radius 1 is 1.08 bits per heavy atom. The quantitative estimate of drug-likeness (QED) is 0.814. The first-order chi connectivity index (χ1) is 12.9. The van der Waals surface area contributed by atoms with Gasteiger partial charge in [-0.05, 0) is 56.1 Å². The molecule has 0 amide bonds. The van der Waals surface area contributed by atoms with E-state index in [-0.39, 0.29) is 0 Å². The van der Waals surface area contributed by atoms with Gasteiger partial charge in [-0.3, -0.25) is 9.67 Å². The molecule has 0 atom stereocenters. The fourth-order valence-corrected chi connectivity index (χ4v) is 4.30. The highest BCUT2D eigenvalue weighted by Crippen LogP contribution is 2.32. The lowest BCUT2D eigenvalue weighted by molar-refractivity contribution is 0.148. The highest BCUT2D eigenvalue weighted by molar-refractivity contribution is 6.16. The van der Waals surface area contributed by atoms with Crippen LogP contribution in [-0.2, 0) is 13.1 Å². The predicted molar refractivity (Wildman–Crippen MR) is 101 cm³/mol. The van der Waals surface area contributed by atoms with Crippen LogP contribution >= 0.6 is 0 Å². The Balaban J connectivity index is 1.39. The van der Waals surface area contributed by atoms with Crippen molar-refractivity contribution in [3.63, 3.8) is 0 Å². The van der Waals surface area contributed by atoms with Gasteiger partial charge in [-0.15, -0.1) is 0 Å². The summed E-state index contributed by atoms with van der Waals surface area (Å²) in [6.45, 7) is 1.74. The van der Waals surface area contributed by atoms with Crippen molar-refractivity contribution in [2.75, 3.05) is 0 Å². The molecule has 0 unspecified atom stereocenters. The maximum Gasteiger partial charge on any atom is 0.223 e. The van der Waals surface area contributed by atoms with Gasteiger partial charge in [-0.1, -0.05) is 12.8 Å². The highest BCUT2D eigenvalue weighted by atomic mass is 16.5. The maximum absolute atomic E-state index is 6.33. The van der Waals surface area contributed by atoms with E-state index in [0.717, 1.165) is 48.0 Å². The van der Waals surface area contributed by atoms with Crippen LogP contribution in [0.25, 0.3) is 0 Å². The summed E-state index contributed by atoms with van der Waals surface area (Å²) in [6, 6.07) is 2.07. The SMILES string of the molecule is c1cc2c(c(OC3CCCCC3)n1)C(c1cnn(CC3CCC3)c1)=NC2. The standard InChI is InChI=1S/C21H26N4O/c1-2-7-18(8-3-1)26-21-19-16(9-10-22-21)11-23-20(19)17-12-24-25(14-17)13-15-5-4-6-15/h9-10,12,14-15,18H,1-8,11,13H2. The number of hydrogen-bond acceptors (Lipinski definition) is 4. The Morgan fingerprint density at radius 2 is 1.96 bits per heavy atom. The zero-order chi connectivity index (χ0) is 17.3. The third-order valence-corrected chi connectivity index (χ3v) is 6.05. The van der Waals surface area contributed by atoms with Gasteiger partial charge in [0.1, 0.15) is 6.10 Å². The zero-order valence-corrected chi connectivity index (χ0v) is 15.2. The van der Waals surface area contributed by atoms with Gasteiger partial charge < -0.3 is 4.74 Å². The molecule has 3 heterocycles. The monoisotopic (exact) mass is 350 g/mol. The molecule has 2 saturated carbocycles. The summed E-state index contributed by atoms with van der Waals surface area (Å²) in [5.74, 6) is 1.56. The van der Waals surface area contributed by atoms with Crippen molar-refractivity contribution in [1.82, 2.24) is 14.8 Å². The summed E-state index contributed by atoms with van der Waals surface area (Å²) >= 11 is 0. The second kappa shape index (κ2) is 6.86. The first kappa shape index (κ1) is 16.0. The van der Waals surface area contributed by atoms with Gasteiger partial charge in [0.25, 0.3) is 0 Å². The lowest BCUT2D eigenvalue weighted by Gasteiger charge is -2.24. The molecule has 0 N–H and O–H groups in total. The molecule has 2 aliphatic carbocycles. The molecule has 0 aromatic carbocycles. The summed E-state index contributed by atoms with van der Waals surface area (Å²) in [7, 11) is 0. The predicted octanol–water partition coefficient (Wildman–Crippen LogP) is 4.14. The average molecular weight is 350 g/mol. The van der Waals surface area contributed by atoms with Crippen molar-refractivity contribution in [1.29, 1.82) is 0 Å².